The van der Waals surface area contributed by atoms with Crippen LogP contribution in [0.5, 0.6) is 5.75 Å². The molecule has 16 heavy (non-hydrogen) atoms. The van der Waals surface area contributed by atoms with Gasteiger partial charge in [-0.1, -0.05) is 45.7 Å². The molecule has 0 radical (unpaired) electrons. The smallest absolute Gasteiger partial charge is 0.115 e. The third-order valence-electron chi connectivity index (χ3n) is 3.09. The summed E-state index contributed by atoms with van der Waals surface area (Å²) in [6, 6.07) is 7.73. The first-order valence-corrected chi connectivity index (χ1v) is 6.42. The normalized spacial score (nSPS) is 13.0. The summed E-state index contributed by atoms with van der Waals surface area (Å²) in [5.41, 5.74) is 1.38. The van der Waals surface area contributed by atoms with Crippen molar-refractivity contribution in [3.05, 3.63) is 29.8 Å². The molecular formula is C15H24O. The third kappa shape index (κ3) is 4.26. The first kappa shape index (κ1) is 13.1. The molecule has 1 heteroatoms. The molecule has 1 aromatic rings. The molecule has 0 aliphatic rings. The highest BCUT2D eigenvalue weighted by molar-refractivity contribution is 5.28. The molecule has 1 nitrogen and oxygen atoms in total. The van der Waals surface area contributed by atoms with Gasteiger partial charge in [0.2, 0.25) is 0 Å². The van der Waals surface area contributed by atoms with E-state index in [1.165, 1.54) is 31.2 Å². The molecule has 0 aliphatic carbocycles. The minimum Gasteiger partial charge on any atom is -0.508 e. The Labute approximate surface area is 99.5 Å². The van der Waals surface area contributed by atoms with E-state index in [0.29, 0.717) is 11.7 Å². The Hall–Kier alpha value is -0.980. The van der Waals surface area contributed by atoms with Crippen molar-refractivity contribution in [2.24, 2.45) is 5.92 Å². The Morgan fingerprint density at radius 3 is 2.12 bits per heavy atom. The van der Waals surface area contributed by atoms with Crippen molar-refractivity contribution in [3.63, 3.8) is 0 Å². The summed E-state index contributed by atoms with van der Waals surface area (Å²) in [4.78, 5) is 0. The van der Waals surface area contributed by atoms with Crippen LogP contribution in [0.3, 0.4) is 0 Å². The average molecular weight is 220 g/mol. The second kappa shape index (κ2) is 6.57. The fourth-order valence-corrected chi connectivity index (χ4v) is 2.11. The Morgan fingerprint density at radius 2 is 1.62 bits per heavy atom. The van der Waals surface area contributed by atoms with Gasteiger partial charge in [-0.25, -0.2) is 0 Å². The van der Waals surface area contributed by atoms with Crippen LogP contribution < -0.4 is 0 Å². The molecule has 0 saturated heterocycles. The van der Waals surface area contributed by atoms with Gasteiger partial charge in [0.25, 0.3) is 0 Å². The van der Waals surface area contributed by atoms with Gasteiger partial charge in [0.05, 0.1) is 0 Å². The molecule has 0 aliphatic heterocycles. The topological polar surface area (TPSA) is 20.2 Å². The van der Waals surface area contributed by atoms with Crippen LogP contribution in [0.25, 0.3) is 0 Å². The van der Waals surface area contributed by atoms with Crippen molar-refractivity contribution >= 4 is 0 Å². The molecule has 0 bridgehead atoms. The maximum Gasteiger partial charge on any atom is 0.115 e. The maximum absolute atomic E-state index is 9.29. The Bertz CT molecular complexity index is 287. The molecule has 0 amide bonds. The molecule has 1 N–H and O–H groups in total. The van der Waals surface area contributed by atoms with E-state index in [2.05, 4.69) is 32.9 Å². The maximum atomic E-state index is 9.29. The van der Waals surface area contributed by atoms with E-state index in [0.717, 1.165) is 5.92 Å². The summed E-state index contributed by atoms with van der Waals surface area (Å²) in [6.07, 6.45) is 5.02. The molecule has 0 aromatic heterocycles. The predicted octanol–water partition coefficient (Wildman–Crippen LogP) is 4.71. The number of aromatic hydroxyl groups is 1. The van der Waals surface area contributed by atoms with Gasteiger partial charge >= 0.3 is 0 Å². The van der Waals surface area contributed by atoms with Crippen LogP contribution in [0, 0.1) is 5.92 Å². The molecule has 0 heterocycles. The summed E-state index contributed by atoms with van der Waals surface area (Å²) in [5.74, 6) is 1.80. The zero-order valence-corrected chi connectivity index (χ0v) is 10.7. The van der Waals surface area contributed by atoms with Crippen LogP contribution in [-0.2, 0) is 0 Å². The molecule has 90 valence electrons. The van der Waals surface area contributed by atoms with Gasteiger partial charge in [-0.05, 0) is 42.4 Å². The number of hydrogen-bond donors (Lipinski definition) is 1. The van der Waals surface area contributed by atoms with Crippen LogP contribution in [0.2, 0.25) is 0 Å². The lowest BCUT2D eigenvalue weighted by Gasteiger charge is -2.17. The van der Waals surface area contributed by atoms with E-state index < -0.39 is 0 Å². The Kier molecular flexibility index (Phi) is 5.37. The van der Waals surface area contributed by atoms with Crippen molar-refractivity contribution in [2.75, 3.05) is 0 Å². The second-order valence-electron chi connectivity index (χ2n) is 5.05. The summed E-state index contributed by atoms with van der Waals surface area (Å²) in [5, 5.41) is 9.29. The van der Waals surface area contributed by atoms with Gasteiger partial charge in [-0.2, -0.15) is 0 Å². The van der Waals surface area contributed by atoms with Gasteiger partial charge in [-0.3, -0.25) is 0 Å². The summed E-state index contributed by atoms with van der Waals surface area (Å²) in [7, 11) is 0. The van der Waals surface area contributed by atoms with Crippen LogP contribution in [0.1, 0.15) is 57.9 Å². The van der Waals surface area contributed by atoms with Crippen molar-refractivity contribution < 1.29 is 5.11 Å². The quantitative estimate of drug-likeness (QED) is 0.736. The van der Waals surface area contributed by atoms with E-state index in [1.807, 2.05) is 0 Å². The van der Waals surface area contributed by atoms with E-state index in [-0.39, 0.29) is 0 Å². The van der Waals surface area contributed by atoms with Gasteiger partial charge < -0.3 is 5.11 Å². The molecule has 0 saturated carbocycles. The standard InChI is InChI=1S/C15H24O/c1-4-5-13(7-6-12(2)3)14-8-10-15(16)11-9-14/h8-13,16H,4-7H2,1-3H3. The number of phenolic OH excluding ortho intramolecular Hbond substituents is 1. The van der Waals surface area contributed by atoms with Crippen molar-refractivity contribution in [1.29, 1.82) is 0 Å². The predicted molar refractivity (Wildman–Crippen MR) is 69.8 cm³/mol. The number of benzene rings is 1. The minimum absolute atomic E-state index is 0.364. The average Bonchev–Trinajstić information content (AvgIpc) is 2.25. The Balaban J connectivity index is 2.64. The zero-order chi connectivity index (χ0) is 12.0. The first-order chi connectivity index (χ1) is 7.63. The lowest BCUT2D eigenvalue weighted by molar-refractivity contribution is 0.468. The monoisotopic (exact) mass is 220 g/mol. The first-order valence-electron chi connectivity index (χ1n) is 6.42. The Morgan fingerprint density at radius 1 is 1.00 bits per heavy atom. The summed E-state index contributed by atoms with van der Waals surface area (Å²) in [6.45, 7) is 6.79. The van der Waals surface area contributed by atoms with E-state index >= 15 is 0 Å². The van der Waals surface area contributed by atoms with E-state index in [1.54, 1.807) is 12.1 Å². The van der Waals surface area contributed by atoms with Crippen LogP contribution in [0.4, 0.5) is 0 Å². The van der Waals surface area contributed by atoms with Crippen molar-refractivity contribution in [2.45, 2.75) is 52.4 Å². The van der Waals surface area contributed by atoms with Crippen molar-refractivity contribution in [1.82, 2.24) is 0 Å². The SMILES string of the molecule is CCCC(CCC(C)C)c1ccc(O)cc1. The van der Waals surface area contributed by atoms with E-state index in [9.17, 15) is 5.11 Å². The zero-order valence-electron chi connectivity index (χ0n) is 10.7. The molecule has 1 atom stereocenters. The van der Waals surface area contributed by atoms with Crippen molar-refractivity contribution in [3.8, 4) is 5.75 Å². The number of phenols is 1. The van der Waals surface area contributed by atoms with Crippen LogP contribution >= 0.6 is 0 Å². The molecule has 1 rings (SSSR count). The number of hydrogen-bond acceptors (Lipinski definition) is 1. The molecule has 0 fully saturated rings. The largest absolute Gasteiger partial charge is 0.508 e. The van der Waals surface area contributed by atoms with E-state index in [4.69, 9.17) is 0 Å². The van der Waals surface area contributed by atoms with Crippen LogP contribution in [-0.4, -0.2) is 5.11 Å². The molecule has 1 aromatic carbocycles. The summed E-state index contributed by atoms with van der Waals surface area (Å²) >= 11 is 0. The fourth-order valence-electron chi connectivity index (χ4n) is 2.11. The highest BCUT2D eigenvalue weighted by Gasteiger charge is 2.11. The number of rotatable bonds is 6. The second-order valence-corrected chi connectivity index (χ2v) is 5.05. The molecule has 1 unspecified atom stereocenters. The van der Waals surface area contributed by atoms with Crippen LogP contribution in [0.15, 0.2) is 24.3 Å². The third-order valence-corrected chi connectivity index (χ3v) is 3.09. The lowest BCUT2D eigenvalue weighted by atomic mass is 9.88. The van der Waals surface area contributed by atoms with Gasteiger partial charge in [0, 0.05) is 0 Å². The lowest BCUT2D eigenvalue weighted by Crippen LogP contribution is -2.01. The summed E-state index contributed by atoms with van der Waals surface area (Å²) < 4.78 is 0. The minimum atomic E-state index is 0.364. The van der Waals surface area contributed by atoms with Gasteiger partial charge in [0.1, 0.15) is 5.75 Å². The molecule has 0 spiro atoms. The highest BCUT2D eigenvalue weighted by atomic mass is 16.3. The molecular weight excluding hydrogens is 196 g/mol. The highest BCUT2D eigenvalue weighted by Crippen LogP contribution is 2.28. The van der Waals surface area contributed by atoms with Gasteiger partial charge in [0.15, 0.2) is 0 Å². The van der Waals surface area contributed by atoms with Gasteiger partial charge in [-0.15, -0.1) is 0 Å². The fraction of sp³-hybridized carbons (Fsp3) is 0.600.